The van der Waals surface area contributed by atoms with Gasteiger partial charge in [0.15, 0.2) is 0 Å². The molecule has 5 rings (SSSR count). The standard InChI is InChI=1S/C32H39ClN4O6S2/c33-26-9-5-23(6-10-26)20-37(27-3-1-2-4-27)45(42,43)31-19-24(17-22-13-15-35-16-14-22)8-12-30(31)36-44(40,41)21-25-7-11-28(32(38)39)29(34)18-25/h5-12,18-19,22,27,35-36H,1-4,13-17,20-21,34H2,(H,38,39). The van der Waals surface area contributed by atoms with E-state index < -0.39 is 31.8 Å². The van der Waals surface area contributed by atoms with Crippen LogP contribution in [0.3, 0.4) is 0 Å². The number of benzene rings is 3. The van der Waals surface area contributed by atoms with Gasteiger partial charge in [0.1, 0.15) is 4.90 Å². The van der Waals surface area contributed by atoms with Gasteiger partial charge in [-0.2, -0.15) is 4.31 Å². The molecule has 0 radical (unpaired) electrons. The summed E-state index contributed by atoms with van der Waals surface area (Å²) in [6, 6.07) is 15.7. The molecule has 0 unspecified atom stereocenters. The van der Waals surface area contributed by atoms with E-state index in [2.05, 4.69) is 10.0 Å². The summed E-state index contributed by atoms with van der Waals surface area (Å²) < 4.78 is 60.2. The molecule has 0 aromatic heterocycles. The third-order valence-corrected chi connectivity index (χ3v) is 12.0. The first-order chi connectivity index (χ1) is 21.4. The van der Waals surface area contributed by atoms with E-state index >= 15 is 0 Å². The second-order valence-corrected chi connectivity index (χ2v) is 15.9. The third kappa shape index (κ3) is 8.36. The van der Waals surface area contributed by atoms with Crippen LogP contribution in [0.5, 0.6) is 0 Å². The zero-order valence-corrected chi connectivity index (χ0v) is 27.3. The zero-order chi connectivity index (χ0) is 32.2. The molecule has 3 aromatic carbocycles. The number of nitrogens with one attached hydrogen (secondary N) is 2. The Kier molecular flexibility index (Phi) is 10.4. The van der Waals surface area contributed by atoms with Gasteiger partial charge < -0.3 is 16.2 Å². The number of aromatic carboxylic acids is 1. The highest BCUT2D eigenvalue weighted by Gasteiger charge is 2.36. The van der Waals surface area contributed by atoms with Gasteiger partial charge in [-0.05, 0) is 104 Å². The van der Waals surface area contributed by atoms with Crippen molar-refractivity contribution in [2.24, 2.45) is 5.92 Å². The highest BCUT2D eigenvalue weighted by Crippen LogP contribution is 2.35. The van der Waals surface area contributed by atoms with Gasteiger partial charge in [-0.25, -0.2) is 21.6 Å². The molecule has 0 atom stereocenters. The summed E-state index contributed by atoms with van der Waals surface area (Å²) in [6.07, 6.45) is 5.91. The first kappa shape index (κ1) is 33.2. The maximum Gasteiger partial charge on any atom is 0.337 e. The smallest absolute Gasteiger partial charge is 0.337 e. The molecule has 1 aliphatic heterocycles. The van der Waals surface area contributed by atoms with Crippen LogP contribution in [-0.4, -0.2) is 51.3 Å². The number of piperidine rings is 1. The zero-order valence-electron chi connectivity index (χ0n) is 24.9. The Bertz CT molecular complexity index is 1740. The van der Waals surface area contributed by atoms with Crippen LogP contribution in [-0.2, 0) is 38.8 Å². The van der Waals surface area contributed by atoms with Crippen LogP contribution in [0, 0.1) is 5.92 Å². The number of carbonyl (C=O) groups is 1. The molecule has 1 saturated carbocycles. The average Bonchev–Trinajstić information content (AvgIpc) is 3.52. The van der Waals surface area contributed by atoms with Crippen LogP contribution in [0.4, 0.5) is 11.4 Å². The van der Waals surface area contributed by atoms with E-state index in [0.717, 1.165) is 62.7 Å². The van der Waals surface area contributed by atoms with Gasteiger partial charge in [0.2, 0.25) is 20.0 Å². The number of rotatable bonds is 12. The summed E-state index contributed by atoms with van der Waals surface area (Å²) >= 11 is 6.10. The molecule has 2 aliphatic rings. The van der Waals surface area contributed by atoms with Gasteiger partial charge in [-0.1, -0.05) is 48.7 Å². The van der Waals surface area contributed by atoms with Crippen LogP contribution < -0.4 is 15.8 Å². The predicted molar refractivity (Wildman–Crippen MR) is 176 cm³/mol. The number of nitrogens with two attached hydrogens (primary N) is 1. The lowest BCUT2D eigenvalue weighted by Crippen LogP contribution is -2.38. The number of nitrogen functional groups attached to an aromatic ring is 1. The number of carboxylic acids is 1. The third-order valence-electron chi connectivity index (χ3n) is 8.57. The number of carboxylic acid groups (broad SMARTS) is 1. The van der Waals surface area contributed by atoms with Crippen molar-refractivity contribution in [3.63, 3.8) is 0 Å². The molecular weight excluding hydrogens is 636 g/mol. The molecule has 1 heterocycles. The minimum absolute atomic E-state index is 0.0294. The summed E-state index contributed by atoms with van der Waals surface area (Å²) in [5.74, 6) is -1.35. The fourth-order valence-electron chi connectivity index (χ4n) is 6.23. The second kappa shape index (κ2) is 14.1. The highest BCUT2D eigenvalue weighted by atomic mass is 35.5. The molecule has 45 heavy (non-hydrogen) atoms. The highest BCUT2D eigenvalue weighted by molar-refractivity contribution is 7.92. The van der Waals surface area contributed by atoms with Crippen LogP contribution in [0.15, 0.2) is 65.6 Å². The van der Waals surface area contributed by atoms with E-state index in [9.17, 15) is 26.7 Å². The number of nitrogens with zero attached hydrogens (tertiary/aromatic N) is 1. The number of sulfonamides is 2. The lowest BCUT2D eigenvalue weighted by atomic mass is 9.91. The quantitative estimate of drug-likeness (QED) is 0.190. The topological polar surface area (TPSA) is 159 Å². The van der Waals surface area contributed by atoms with E-state index in [1.807, 2.05) is 0 Å². The molecule has 1 saturated heterocycles. The van der Waals surface area contributed by atoms with Crippen molar-refractivity contribution in [1.82, 2.24) is 9.62 Å². The predicted octanol–water partition coefficient (Wildman–Crippen LogP) is 5.24. The van der Waals surface area contributed by atoms with Crippen LogP contribution in [0.1, 0.15) is 65.6 Å². The van der Waals surface area contributed by atoms with Gasteiger partial charge in [-0.15, -0.1) is 0 Å². The lowest BCUT2D eigenvalue weighted by Gasteiger charge is -2.30. The Balaban J connectivity index is 1.51. The van der Waals surface area contributed by atoms with Gasteiger partial charge in [0.05, 0.1) is 17.0 Å². The minimum Gasteiger partial charge on any atom is -0.478 e. The molecule has 13 heteroatoms. The molecule has 1 aliphatic carbocycles. The van der Waals surface area contributed by atoms with Gasteiger partial charge in [0, 0.05) is 23.3 Å². The van der Waals surface area contributed by atoms with Crippen LogP contribution >= 0.6 is 11.6 Å². The normalized spacial score (nSPS) is 16.7. The summed E-state index contributed by atoms with van der Waals surface area (Å²) in [6.45, 7) is 1.94. The van der Waals surface area contributed by atoms with Crippen molar-refractivity contribution >= 4 is 49.0 Å². The van der Waals surface area contributed by atoms with Gasteiger partial charge in [-0.3, -0.25) is 4.72 Å². The summed E-state index contributed by atoms with van der Waals surface area (Å²) in [7, 11) is -8.31. The van der Waals surface area contributed by atoms with Gasteiger partial charge >= 0.3 is 5.97 Å². The summed E-state index contributed by atoms with van der Waals surface area (Å²) in [5, 5.41) is 13.2. The van der Waals surface area contributed by atoms with Gasteiger partial charge in [0.25, 0.3) is 0 Å². The fraction of sp³-hybridized carbons (Fsp3) is 0.406. The second-order valence-electron chi connectivity index (χ2n) is 11.9. The maximum absolute atomic E-state index is 14.6. The Morgan fingerprint density at radius 3 is 2.20 bits per heavy atom. The molecule has 0 amide bonds. The van der Waals surface area contributed by atoms with E-state index in [0.29, 0.717) is 17.4 Å². The molecular formula is C32H39ClN4O6S2. The number of hydrogen-bond acceptors (Lipinski definition) is 7. The van der Waals surface area contributed by atoms with Crippen molar-refractivity contribution < 1.29 is 26.7 Å². The van der Waals surface area contributed by atoms with Crippen molar-refractivity contribution in [2.75, 3.05) is 23.5 Å². The summed E-state index contributed by atoms with van der Waals surface area (Å²) in [5.41, 5.74) is 7.51. The molecule has 10 nitrogen and oxygen atoms in total. The molecule has 242 valence electrons. The van der Waals surface area contributed by atoms with Crippen LogP contribution in [0.25, 0.3) is 0 Å². The number of halogens is 1. The number of anilines is 2. The molecule has 3 aromatic rings. The molecule has 5 N–H and O–H groups in total. The number of hydrogen-bond donors (Lipinski definition) is 4. The Morgan fingerprint density at radius 1 is 0.911 bits per heavy atom. The van der Waals surface area contributed by atoms with E-state index in [1.54, 1.807) is 36.4 Å². The van der Waals surface area contributed by atoms with Crippen LogP contribution in [0.2, 0.25) is 5.02 Å². The van der Waals surface area contributed by atoms with Crippen molar-refractivity contribution in [3.8, 4) is 0 Å². The average molecular weight is 675 g/mol. The SMILES string of the molecule is Nc1cc(CS(=O)(=O)Nc2ccc(CC3CCNCC3)cc2S(=O)(=O)N(Cc2ccc(Cl)cc2)C2CCCC2)ccc1C(=O)O. The van der Waals surface area contributed by atoms with Crippen molar-refractivity contribution in [2.45, 2.75) is 68.2 Å². The monoisotopic (exact) mass is 674 g/mol. The largest absolute Gasteiger partial charge is 0.478 e. The first-order valence-electron chi connectivity index (χ1n) is 15.1. The summed E-state index contributed by atoms with van der Waals surface area (Å²) in [4.78, 5) is 11.3. The van der Waals surface area contributed by atoms with Crippen molar-refractivity contribution in [3.05, 3.63) is 87.9 Å². The first-order valence-corrected chi connectivity index (χ1v) is 18.6. The van der Waals surface area contributed by atoms with E-state index in [4.69, 9.17) is 17.3 Å². The minimum atomic E-state index is -4.18. The molecule has 0 spiro atoms. The van der Waals surface area contributed by atoms with E-state index in [-0.39, 0.29) is 40.0 Å². The fourth-order valence-corrected chi connectivity index (χ4v) is 9.50. The Morgan fingerprint density at radius 2 is 1.56 bits per heavy atom. The Labute approximate surface area is 270 Å². The lowest BCUT2D eigenvalue weighted by molar-refractivity contribution is 0.0698. The molecule has 0 bridgehead atoms. The maximum atomic E-state index is 14.6. The Hall–Kier alpha value is -3.16. The van der Waals surface area contributed by atoms with Crippen molar-refractivity contribution in [1.29, 1.82) is 0 Å². The van der Waals surface area contributed by atoms with E-state index in [1.165, 1.54) is 28.6 Å². The molecule has 2 fully saturated rings.